The molecule has 0 heterocycles. The smallest absolute Gasteiger partial charge is 0.406 e. The Morgan fingerprint density at radius 2 is 1.52 bits per heavy atom. The third kappa shape index (κ3) is 6.45. The summed E-state index contributed by atoms with van der Waals surface area (Å²) < 4.78 is 40.1. The molecule has 1 aromatic rings. The summed E-state index contributed by atoms with van der Waals surface area (Å²) in [6.45, 7) is 0. The molecule has 1 nitrogen and oxygen atoms in total. The van der Waals surface area contributed by atoms with Crippen LogP contribution in [0.5, 0.6) is 5.75 Å². The van der Waals surface area contributed by atoms with Gasteiger partial charge in [-0.1, -0.05) is 74.8 Å². The molecule has 0 radical (unpaired) electrons. The molecule has 0 atom stereocenters. The highest BCUT2D eigenvalue weighted by Gasteiger charge is 2.30. The fraction of sp³-hybridized carbons (Fsp3) is 0.625. The molecule has 0 spiro atoms. The first-order chi connectivity index (χ1) is 10.0. The number of hydrogen-bond acceptors (Lipinski definition) is 1. The number of alkyl halides is 3. The van der Waals surface area contributed by atoms with Crippen LogP contribution >= 0.6 is 0 Å². The van der Waals surface area contributed by atoms with E-state index in [-0.39, 0.29) is 5.75 Å². The molecule has 116 valence electrons. The quantitative estimate of drug-likeness (QED) is 0.706. The van der Waals surface area contributed by atoms with E-state index in [1.54, 1.807) is 12.1 Å². The summed E-state index contributed by atoms with van der Waals surface area (Å²) in [6.07, 6.45) is 5.64. The zero-order chi connectivity index (χ0) is 15.1. The summed E-state index contributed by atoms with van der Waals surface area (Å²) in [7, 11) is 1.14. The first kappa shape index (κ1) is 16.2. The average Bonchev–Trinajstić information content (AvgIpc) is 2.37. The van der Waals surface area contributed by atoms with Crippen molar-refractivity contribution in [2.45, 2.75) is 63.4 Å². The van der Waals surface area contributed by atoms with Crippen LogP contribution < -0.4 is 4.74 Å². The van der Waals surface area contributed by atoms with Gasteiger partial charge in [0.25, 0.3) is 0 Å². The first-order valence-electron chi connectivity index (χ1n) is 7.87. The van der Waals surface area contributed by atoms with Crippen molar-refractivity contribution in [3.05, 3.63) is 29.8 Å². The van der Waals surface area contributed by atoms with Crippen LogP contribution in [-0.2, 0) is 6.32 Å². The lowest BCUT2D eigenvalue weighted by atomic mass is 9.57. The Balaban J connectivity index is 1.79. The summed E-state index contributed by atoms with van der Waals surface area (Å²) in [4.78, 5) is 0. The van der Waals surface area contributed by atoms with Crippen molar-refractivity contribution >= 4 is 7.28 Å². The molecule has 21 heavy (non-hydrogen) atoms. The molecule has 0 unspecified atom stereocenters. The Morgan fingerprint density at radius 3 is 2.10 bits per heavy atom. The number of halogens is 3. The van der Waals surface area contributed by atoms with E-state index in [0.717, 1.165) is 25.0 Å². The number of ether oxygens (including phenoxy) is 1. The average molecular weight is 298 g/mol. The van der Waals surface area contributed by atoms with E-state index in [9.17, 15) is 13.2 Å². The summed E-state index contributed by atoms with van der Waals surface area (Å²) in [5.74, 6) is 0.633. The van der Waals surface area contributed by atoms with Crippen molar-refractivity contribution in [3.8, 4) is 5.75 Å². The van der Waals surface area contributed by atoms with Gasteiger partial charge in [0.2, 0.25) is 0 Å². The molecule has 1 saturated carbocycles. The van der Waals surface area contributed by atoms with Gasteiger partial charge in [0.05, 0.1) is 0 Å². The minimum Gasteiger partial charge on any atom is -0.406 e. The van der Waals surface area contributed by atoms with E-state index < -0.39 is 6.36 Å². The molecule has 0 N–H and O–H groups in total. The maximum atomic E-state index is 12.1. The largest absolute Gasteiger partial charge is 0.573 e. The van der Waals surface area contributed by atoms with Crippen molar-refractivity contribution < 1.29 is 17.9 Å². The zero-order valence-electron chi connectivity index (χ0n) is 12.3. The van der Waals surface area contributed by atoms with Crippen molar-refractivity contribution in [1.29, 1.82) is 0 Å². The monoisotopic (exact) mass is 298 g/mol. The van der Waals surface area contributed by atoms with Gasteiger partial charge in [-0.2, -0.15) is 0 Å². The van der Waals surface area contributed by atoms with Gasteiger partial charge in [0.15, 0.2) is 0 Å². The van der Waals surface area contributed by atoms with Crippen molar-refractivity contribution in [1.82, 2.24) is 0 Å². The first-order valence-corrected chi connectivity index (χ1v) is 7.87. The fourth-order valence-electron chi connectivity index (χ4n) is 3.06. The van der Waals surface area contributed by atoms with Crippen LogP contribution in [-0.4, -0.2) is 13.6 Å². The van der Waals surface area contributed by atoms with Gasteiger partial charge in [-0.3, -0.25) is 0 Å². The van der Waals surface area contributed by atoms with Gasteiger partial charge < -0.3 is 4.74 Å². The van der Waals surface area contributed by atoms with E-state index in [1.807, 2.05) is 0 Å². The molecule has 2 rings (SSSR count). The van der Waals surface area contributed by atoms with Gasteiger partial charge in [-0.25, -0.2) is 0 Å². The second kappa shape index (κ2) is 7.76. The van der Waals surface area contributed by atoms with Gasteiger partial charge in [0.1, 0.15) is 13.0 Å². The highest BCUT2D eigenvalue weighted by atomic mass is 19.4. The Morgan fingerprint density at radius 1 is 0.952 bits per heavy atom. The van der Waals surface area contributed by atoms with Crippen molar-refractivity contribution in [2.75, 3.05) is 0 Å². The lowest BCUT2D eigenvalue weighted by Gasteiger charge is -2.18. The summed E-state index contributed by atoms with van der Waals surface area (Å²) in [6, 6.07) is 6.29. The second-order valence-corrected chi connectivity index (χ2v) is 5.94. The molecule has 0 bridgehead atoms. The maximum Gasteiger partial charge on any atom is 0.573 e. The predicted octanol–water partition coefficient (Wildman–Crippen LogP) is 5.05. The molecule has 1 aliphatic carbocycles. The Bertz CT molecular complexity index is 409. The molecule has 5 heteroatoms. The summed E-state index contributed by atoms with van der Waals surface area (Å²) in [5.41, 5.74) is 1.09. The second-order valence-electron chi connectivity index (χ2n) is 5.94. The van der Waals surface area contributed by atoms with E-state index in [0.29, 0.717) is 0 Å². The summed E-state index contributed by atoms with van der Waals surface area (Å²) in [5, 5.41) is 0. The standard InChI is InChI=1S/C16H22BF3O/c18-16(19,20)21-15-10-8-13(9-11-15)12-17-14-6-4-2-1-3-5-7-14/h8-11,14,17H,1-7,12H2. The highest BCUT2D eigenvalue weighted by Crippen LogP contribution is 2.27. The lowest BCUT2D eigenvalue weighted by molar-refractivity contribution is -0.274. The molecule has 0 amide bonds. The topological polar surface area (TPSA) is 9.23 Å². The van der Waals surface area contributed by atoms with Crippen LogP contribution in [0.1, 0.15) is 50.5 Å². The van der Waals surface area contributed by atoms with E-state index >= 15 is 0 Å². The molecular formula is C16H22BF3O. The van der Waals surface area contributed by atoms with Crippen LogP contribution in [0.15, 0.2) is 24.3 Å². The van der Waals surface area contributed by atoms with Crippen LogP contribution in [0.25, 0.3) is 0 Å². The van der Waals surface area contributed by atoms with E-state index in [1.165, 1.54) is 57.1 Å². The molecule has 1 aromatic carbocycles. The van der Waals surface area contributed by atoms with Gasteiger partial charge in [-0.05, 0) is 12.1 Å². The van der Waals surface area contributed by atoms with Gasteiger partial charge >= 0.3 is 6.36 Å². The van der Waals surface area contributed by atoms with E-state index in [2.05, 4.69) is 4.74 Å². The summed E-state index contributed by atoms with van der Waals surface area (Å²) >= 11 is 0. The molecule has 1 fully saturated rings. The van der Waals surface area contributed by atoms with Crippen LogP contribution in [0, 0.1) is 0 Å². The normalized spacial score (nSPS) is 17.9. The number of hydrogen-bond donors (Lipinski definition) is 0. The zero-order valence-corrected chi connectivity index (χ0v) is 12.3. The molecule has 0 saturated heterocycles. The fourth-order valence-corrected chi connectivity index (χ4v) is 3.06. The van der Waals surface area contributed by atoms with Crippen LogP contribution in [0.2, 0.25) is 5.82 Å². The van der Waals surface area contributed by atoms with Crippen molar-refractivity contribution in [3.63, 3.8) is 0 Å². The molecule has 0 aromatic heterocycles. The third-order valence-corrected chi connectivity index (χ3v) is 4.22. The van der Waals surface area contributed by atoms with Gasteiger partial charge in [0, 0.05) is 0 Å². The van der Waals surface area contributed by atoms with E-state index in [4.69, 9.17) is 0 Å². The van der Waals surface area contributed by atoms with Crippen LogP contribution in [0.4, 0.5) is 13.2 Å². The Hall–Kier alpha value is -1.13. The highest BCUT2D eigenvalue weighted by molar-refractivity contribution is 6.37. The Labute approximate surface area is 125 Å². The van der Waals surface area contributed by atoms with Crippen molar-refractivity contribution in [2.24, 2.45) is 0 Å². The van der Waals surface area contributed by atoms with Crippen LogP contribution in [0.3, 0.4) is 0 Å². The minimum absolute atomic E-state index is 0.141. The van der Waals surface area contributed by atoms with Gasteiger partial charge in [-0.15, -0.1) is 13.2 Å². The SMILES string of the molecule is FC(F)(F)Oc1ccc(CBC2CCCCCCC2)cc1. The predicted molar refractivity (Wildman–Crippen MR) is 80.0 cm³/mol. The molecule has 0 aliphatic heterocycles. The maximum absolute atomic E-state index is 12.1. The minimum atomic E-state index is -4.61. The molecule has 1 aliphatic rings. The Kier molecular flexibility index (Phi) is 6.01. The lowest BCUT2D eigenvalue weighted by Crippen LogP contribution is -2.17. The molecular weight excluding hydrogens is 276 g/mol. The third-order valence-electron chi connectivity index (χ3n) is 4.22. The number of rotatable bonds is 4. The number of benzene rings is 1.